The monoisotopic (exact) mass is 408 g/mol. The van der Waals surface area contributed by atoms with E-state index >= 15 is 0 Å². The number of anilines is 1. The molecule has 2 amide bonds. The Morgan fingerprint density at radius 1 is 1.10 bits per heavy atom. The predicted molar refractivity (Wildman–Crippen MR) is 118 cm³/mol. The normalized spacial score (nSPS) is 16.2. The Labute approximate surface area is 176 Å². The van der Waals surface area contributed by atoms with Crippen LogP contribution >= 0.6 is 0 Å². The van der Waals surface area contributed by atoms with Crippen LogP contribution < -0.4 is 26.6 Å². The van der Waals surface area contributed by atoms with Crippen molar-refractivity contribution in [3.8, 4) is 0 Å². The highest BCUT2D eigenvalue weighted by Gasteiger charge is 2.23. The Balaban J connectivity index is 1.46. The lowest BCUT2D eigenvalue weighted by Crippen LogP contribution is -2.44. The Kier molecular flexibility index (Phi) is 7.26. The Hall–Kier alpha value is -3.55. The second kappa shape index (κ2) is 10.3. The first-order valence-corrected chi connectivity index (χ1v) is 9.98. The van der Waals surface area contributed by atoms with Gasteiger partial charge in [0.15, 0.2) is 5.96 Å². The number of carbonyl (C=O) groups excluding carboxylic acids is 2. The summed E-state index contributed by atoms with van der Waals surface area (Å²) in [6, 6.07) is 17.9. The van der Waals surface area contributed by atoms with Crippen molar-refractivity contribution in [2.75, 3.05) is 31.6 Å². The molecule has 0 radical (unpaired) electrons. The van der Waals surface area contributed by atoms with Crippen LogP contribution in [0.4, 0.5) is 5.69 Å². The molecule has 1 atom stereocenters. The number of amides is 2. The van der Waals surface area contributed by atoms with Crippen LogP contribution in [0.1, 0.15) is 22.3 Å². The zero-order valence-electron chi connectivity index (χ0n) is 17.1. The Morgan fingerprint density at radius 2 is 1.83 bits per heavy atom. The highest BCUT2D eigenvalue weighted by molar-refractivity contribution is 5.96. The van der Waals surface area contributed by atoms with Crippen LogP contribution in [0.15, 0.2) is 59.6 Å². The molecule has 1 aliphatic rings. The summed E-state index contributed by atoms with van der Waals surface area (Å²) in [6.45, 7) is 2.35. The Morgan fingerprint density at radius 3 is 2.50 bits per heavy atom. The van der Waals surface area contributed by atoms with Gasteiger partial charge in [0.05, 0.1) is 6.54 Å². The summed E-state index contributed by atoms with van der Waals surface area (Å²) < 4.78 is 0. The molecule has 1 aliphatic heterocycles. The first kappa shape index (κ1) is 21.2. The van der Waals surface area contributed by atoms with Gasteiger partial charge in [0, 0.05) is 44.0 Å². The van der Waals surface area contributed by atoms with Crippen molar-refractivity contribution in [2.24, 2.45) is 10.7 Å². The van der Waals surface area contributed by atoms with Crippen molar-refractivity contribution < 1.29 is 9.59 Å². The first-order valence-electron chi connectivity index (χ1n) is 9.98. The molecule has 5 N–H and O–H groups in total. The minimum absolute atomic E-state index is 0.174. The molecule has 1 heterocycles. The summed E-state index contributed by atoms with van der Waals surface area (Å²) in [7, 11) is 1.76. The van der Waals surface area contributed by atoms with Crippen molar-refractivity contribution in [2.45, 2.75) is 19.0 Å². The summed E-state index contributed by atoms with van der Waals surface area (Å²) in [4.78, 5) is 29.4. The van der Waals surface area contributed by atoms with Gasteiger partial charge < -0.3 is 26.6 Å². The summed E-state index contributed by atoms with van der Waals surface area (Å²) in [5, 5.41) is 9.27. The third-order valence-electron chi connectivity index (χ3n) is 4.97. The molecular formula is C22H28N6O2. The molecule has 1 fully saturated rings. The number of aliphatic imine (C=N–C) groups is 1. The van der Waals surface area contributed by atoms with Gasteiger partial charge in [-0.1, -0.05) is 30.3 Å². The quantitative estimate of drug-likeness (QED) is 0.401. The number of rotatable bonds is 7. The maximum absolute atomic E-state index is 11.9. The van der Waals surface area contributed by atoms with Gasteiger partial charge in [-0.25, -0.2) is 0 Å². The van der Waals surface area contributed by atoms with Gasteiger partial charge in [-0.05, 0) is 36.2 Å². The highest BCUT2D eigenvalue weighted by Crippen LogP contribution is 2.19. The number of nitrogens with two attached hydrogens (primary N) is 1. The number of hydrogen-bond donors (Lipinski definition) is 4. The molecule has 2 aromatic rings. The van der Waals surface area contributed by atoms with Crippen LogP contribution in [-0.4, -0.2) is 50.5 Å². The molecule has 3 rings (SSSR count). The van der Waals surface area contributed by atoms with Crippen molar-refractivity contribution in [3.63, 3.8) is 0 Å². The van der Waals surface area contributed by atoms with E-state index in [1.807, 2.05) is 18.2 Å². The lowest BCUT2D eigenvalue weighted by molar-refractivity contribution is -0.117. The van der Waals surface area contributed by atoms with Gasteiger partial charge in [0.2, 0.25) is 5.91 Å². The maximum atomic E-state index is 11.9. The van der Waals surface area contributed by atoms with Crippen molar-refractivity contribution >= 4 is 23.5 Å². The van der Waals surface area contributed by atoms with Gasteiger partial charge in [-0.15, -0.1) is 0 Å². The zero-order valence-corrected chi connectivity index (χ0v) is 17.1. The molecule has 0 bridgehead atoms. The molecule has 30 heavy (non-hydrogen) atoms. The first-order chi connectivity index (χ1) is 14.5. The Bertz CT molecular complexity index is 882. The van der Waals surface area contributed by atoms with Crippen LogP contribution in [0.25, 0.3) is 0 Å². The van der Waals surface area contributed by atoms with E-state index in [9.17, 15) is 9.59 Å². The largest absolute Gasteiger partial charge is 0.369 e. The molecular weight excluding hydrogens is 380 g/mol. The molecule has 0 spiro atoms. The number of primary amides is 1. The number of carbonyl (C=O) groups is 2. The van der Waals surface area contributed by atoms with Crippen LogP contribution in [0.5, 0.6) is 0 Å². The van der Waals surface area contributed by atoms with Crippen LogP contribution in [0, 0.1) is 0 Å². The van der Waals surface area contributed by atoms with E-state index in [-0.39, 0.29) is 12.5 Å². The number of nitrogens with zero attached hydrogens (tertiary/aromatic N) is 2. The van der Waals surface area contributed by atoms with E-state index in [4.69, 9.17) is 5.73 Å². The van der Waals surface area contributed by atoms with E-state index in [1.54, 1.807) is 19.2 Å². The predicted octanol–water partition coefficient (Wildman–Crippen LogP) is 0.846. The number of hydrogen-bond acceptors (Lipinski definition) is 4. The molecule has 1 unspecified atom stereocenters. The fraction of sp³-hybridized carbons (Fsp3) is 0.318. The van der Waals surface area contributed by atoms with Crippen LogP contribution in [0.2, 0.25) is 0 Å². The standard InChI is InChI=1S/C22H28N6O2/c1-24-22(27-18-11-12-28(15-18)19-5-3-2-4-6-19)26-13-16-7-9-17(10-8-16)21(30)25-14-20(23)29/h2-10,18H,11-15H2,1H3,(H2,23,29)(H,25,30)(H2,24,26,27). The van der Waals surface area contributed by atoms with Crippen molar-refractivity contribution in [1.82, 2.24) is 16.0 Å². The van der Waals surface area contributed by atoms with E-state index < -0.39 is 5.91 Å². The van der Waals surface area contributed by atoms with E-state index in [1.165, 1.54) is 5.69 Å². The van der Waals surface area contributed by atoms with E-state index in [0.717, 1.165) is 31.0 Å². The third-order valence-corrected chi connectivity index (χ3v) is 4.97. The summed E-state index contributed by atoms with van der Waals surface area (Å²) >= 11 is 0. The minimum atomic E-state index is -0.572. The van der Waals surface area contributed by atoms with Gasteiger partial charge in [0.1, 0.15) is 0 Å². The zero-order chi connectivity index (χ0) is 21.3. The van der Waals surface area contributed by atoms with Gasteiger partial charge in [0.25, 0.3) is 5.91 Å². The summed E-state index contributed by atoms with van der Waals surface area (Å²) in [6.07, 6.45) is 1.05. The summed E-state index contributed by atoms with van der Waals surface area (Å²) in [5.41, 5.74) is 7.77. The summed E-state index contributed by atoms with van der Waals surface area (Å²) in [5.74, 6) is -0.148. The molecule has 2 aromatic carbocycles. The number of guanidine groups is 1. The SMILES string of the molecule is CN=C(NCc1ccc(C(=O)NCC(N)=O)cc1)NC1CCN(c2ccccc2)C1. The maximum Gasteiger partial charge on any atom is 0.251 e. The van der Waals surface area contributed by atoms with Gasteiger partial charge in [-0.3, -0.25) is 14.6 Å². The van der Waals surface area contributed by atoms with Gasteiger partial charge >= 0.3 is 0 Å². The van der Waals surface area contributed by atoms with E-state index in [2.05, 4.69) is 50.1 Å². The minimum Gasteiger partial charge on any atom is -0.369 e. The van der Waals surface area contributed by atoms with Gasteiger partial charge in [-0.2, -0.15) is 0 Å². The van der Waals surface area contributed by atoms with Crippen molar-refractivity contribution in [3.05, 3.63) is 65.7 Å². The molecule has 8 nitrogen and oxygen atoms in total. The molecule has 8 heteroatoms. The van der Waals surface area contributed by atoms with E-state index in [0.29, 0.717) is 18.2 Å². The second-order valence-corrected chi connectivity index (χ2v) is 7.18. The third kappa shape index (κ3) is 5.97. The molecule has 158 valence electrons. The smallest absolute Gasteiger partial charge is 0.251 e. The number of nitrogens with one attached hydrogen (secondary N) is 3. The molecule has 1 saturated heterocycles. The fourth-order valence-electron chi connectivity index (χ4n) is 3.37. The molecule has 0 saturated carbocycles. The topological polar surface area (TPSA) is 112 Å². The lowest BCUT2D eigenvalue weighted by Gasteiger charge is -2.20. The lowest BCUT2D eigenvalue weighted by atomic mass is 10.1. The highest BCUT2D eigenvalue weighted by atomic mass is 16.2. The molecule has 0 aromatic heterocycles. The second-order valence-electron chi connectivity index (χ2n) is 7.18. The van der Waals surface area contributed by atoms with Crippen molar-refractivity contribution in [1.29, 1.82) is 0 Å². The average molecular weight is 409 g/mol. The number of para-hydroxylation sites is 1. The van der Waals surface area contributed by atoms with Crippen LogP contribution in [0.3, 0.4) is 0 Å². The number of benzene rings is 2. The fourth-order valence-corrected chi connectivity index (χ4v) is 3.37. The molecule has 0 aliphatic carbocycles. The van der Waals surface area contributed by atoms with Crippen LogP contribution in [-0.2, 0) is 11.3 Å². The average Bonchev–Trinajstić information content (AvgIpc) is 3.24.